The zero-order valence-corrected chi connectivity index (χ0v) is 4.27. The topological polar surface area (TPSA) is 49.0 Å². The van der Waals surface area contributed by atoms with Gasteiger partial charge in [0, 0.05) is 0 Å². The molecule has 0 saturated heterocycles. The van der Waals surface area contributed by atoms with E-state index in [4.69, 9.17) is 0 Å². The minimum atomic E-state index is -2.60. The minimum Gasteiger partial charge on any atom is -0.309 e. The number of hydrogen-bond acceptors (Lipinski definition) is 1. The number of rotatable bonds is 2. The molecule has 0 aliphatic carbocycles. The van der Waals surface area contributed by atoms with Crippen molar-refractivity contribution in [3.8, 4) is 0 Å². The van der Waals surface area contributed by atoms with E-state index in [0.717, 1.165) is 0 Å². The number of hydrogen-bond donors (Lipinski definition) is 0. The molecule has 0 aromatic rings. The van der Waals surface area contributed by atoms with E-state index in [1.165, 1.54) is 0 Å². The van der Waals surface area contributed by atoms with Crippen molar-refractivity contribution in [1.82, 2.24) is 0 Å². The lowest BCUT2D eigenvalue weighted by atomic mass is 10.9. The zero-order chi connectivity index (χ0) is 4.99. The van der Waals surface area contributed by atoms with E-state index in [9.17, 15) is 9.79 Å². The Hall–Kier alpha value is 0.310. The van der Waals surface area contributed by atoms with Gasteiger partial charge in [-0.05, 0) is 6.92 Å². The summed E-state index contributed by atoms with van der Waals surface area (Å²) in [6.07, 6.45) is 0. The third-order valence-corrected chi connectivity index (χ3v) is 0.704. The highest BCUT2D eigenvalue weighted by molar-refractivity contribution is 7.38. The third-order valence-electron chi connectivity index (χ3n) is 0.235. The van der Waals surface area contributed by atoms with Gasteiger partial charge in [-0.3, -0.25) is 0 Å². The van der Waals surface area contributed by atoms with Crippen LogP contribution in [0.25, 0.3) is 0 Å². The Kier molecular flexibility index (Phi) is 3.68. The molecule has 0 saturated carbocycles. The predicted octanol–water partition coefficient (Wildman–Crippen LogP) is 1.11. The molecule has 0 heterocycles. The summed E-state index contributed by atoms with van der Waals surface area (Å²) in [6.45, 7) is 1.85. The molecule has 0 N–H and O–H groups in total. The van der Waals surface area contributed by atoms with Gasteiger partial charge < -0.3 is 4.52 Å². The van der Waals surface area contributed by atoms with Gasteiger partial charge in [-0.1, -0.05) is 0 Å². The average Bonchev–Trinajstić information content (AvgIpc) is 1.35. The predicted molar refractivity (Wildman–Crippen MR) is 19.9 cm³/mol. The van der Waals surface area contributed by atoms with Crippen LogP contribution < -0.4 is 0 Å². The zero-order valence-electron chi connectivity index (χ0n) is 3.38. The Morgan fingerprint density at radius 1 is 1.67 bits per heavy atom. The molecule has 0 aliphatic heterocycles. The summed E-state index contributed by atoms with van der Waals surface area (Å²) in [7, 11) is -2.60. The minimum absolute atomic E-state index is 0.235. The summed E-state index contributed by atoms with van der Waals surface area (Å²) in [4.78, 5) is 18.8. The van der Waals surface area contributed by atoms with Gasteiger partial charge in [-0.2, -0.15) is 0 Å². The van der Waals surface area contributed by atoms with E-state index < -0.39 is 8.60 Å². The van der Waals surface area contributed by atoms with Gasteiger partial charge in [-0.25, -0.2) is 0 Å². The maximum absolute atomic E-state index is 9.41. The van der Waals surface area contributed by atoms with E-state index in [1.54, 1.807) is 6.92 Å². The molecule has 0 amide bonds. The quantitative estimate of drug-likeness (QED) is 0.488. The van der Waals surface area contributed by atoms with Gasteiger partial charge in [0.1, 0.15) is 0 Å². The normalized spacial score (nSPS) is 10.0. The SMILES string of the molecule is CCOP([O])[O]. The lowest BCUT2D eigenvalue weighted by molar-refractivity contribution is 0.212. The second-order valence-corrected chi connectivity index (χ2v) is 1.35. The van der Waals surface area contributed by atoms with Crippen molar-refractivity contribution in [3.05, 3.63) is 0 Å². The van der Waals surface area contributed by atoms with Crippen LogP contribution in [0.5, 0.6) is 0 Å². The van der Waals surface area contributed by atoms with Crippen molar-refractivity contribution in [2.24, 2.45) is 0 Å². The van der Waals surface area contributed by atoms with E-state index in [-0.39, 0.29) is 6.61 Å². The van der Waals surface area contributed by atoms with Crippen LogP contribution >= 0.6 is 8.60 Å². The molecule has 2 radical (unpaired) electrons. The van der Waals surface area contributed by atoms with Crippen LogP contribution in [0.15, 0.2) is 0 Å². The standard InChI is InChI=1S/C2H5O3P/c1-2-5-6(3)4/h2H2,1H3. The van der Waals surface area contributed by atoms with E-state index in [0.29, 0.717) is 0 Å². The molecular weight excluding hydrogens is 103 g/mol. The summed E-state index contributed by atoms with van der Waals surface area (Å²) >= 11 is 0. The Bertz CT molecular complexity index is 30.0. The first-order valence-electron chi connectivity index (χ1n) is 1.54. The van der Waals surface area contributed by atoms with E-state index in [1.807, 2.05) is 0 Å². The second-order valence-electron chi connectivity index (χ2n) is 0.641. The Morgan fingerprint density at radius 3 is 2.17 bits per heavy atom. The highest BCUT2D eigenvalue weighted by Gasteiger charge is 1.97. The lowest BCUT2D eigenvalue weighted by Gasteiger charge is -1.89. The molecule has 0 bridgehead atoms. The fourth-order valence-corrected chi connectivity index (χ4v) is 0.316. The first-order valence-corrected chi connectivity index (χ1v) is 2.64. The largest absolute Gasteiger partial charge is 0.393 e. The molecule has 0 aliphatic rings. The molecule has 0 fully saturated rings. The van der Waals surface area contributed by atoms with Crippen LogP contribution in [0.2, 0.25) is 0 Å². The monoisotopic (exact) mass is 108 g/mol. The van der Waals surface area contributed by atoms with Crippen molar-refractivity contribution in [1.29, 1.82) is 0 Å². The molecule has 0 aromatic carbocycles. The molecule has 0 unspecified atom stereocenters. The molecule has 3 nitrogen and oxygen atoms in total. The van der Waals surface area contributed by atoms with Gasteiger partial charge in [0.05, 0.1) is 6.61 Å². The van der Waals surface area contributed by atoms with Crippen LogP contribution in [0.3, 0.4) is 0 Å². The van der Waals surface area contributed by atoms with Gasteiger partial charge in [0.2, 0.25) is 0 Å². The van der Waals surface area contributed by atoms with Gasteiger partial charge >= 0.3 is 8.60 Å². The van der Waals surface area contributed by atoms with Crippen molar-refractivity contribution in [2.45, 2.75) is 6.92 Å². The van der Waals surface area contributed by atoms with Gasteiger partial charge in [0.15, 0.2) is 0 Å². The van der Waals surface area contributed by atoms with E-state index >= 15 is 0 Å². The third kappa shape index (κ3) is 4.31. The van der Waals surface area contributed by atoms with Crippen molar-refractivity contribution in [2.75, 3.05) is 6.61 Å². The maximum Gasteiger partial charge on any atom is 0.393 e. The van der Waals surface area contributed by atoms with Crippen LogP contribution in [0, 0.1) is 0 Å². The molecular formula is C2H5O3P. The summed E-state index contributed by atoms with van der Waals surface area (Å²) < 4.78 is 4.00. The summed E-state index contributed by atoms with van der Waals surface area (Å²) in [6, 6.07) is 0. The molecule has 0 spiro atoms. The molecule has 6 heavy (non-hydrogen) atoms. The molecule has 4 heteroatoms. The fraction of sp³-hybridized carbons (Fsp3) is 1.00. The first-order chi connectivity index (χ1) is 2.77. The first kappa shape index (κ1) is 6.31. The van der Waals surface area contributed by atoms with Crippen molar-refractivity contribution < 1.29 is 14.3 Å². The lowest BCUT2D eigenvalue weighted by Crippen LogP contribution is -1.76. The van der Waals surface area contributed by atoms with Crippen molar-refractivity contribution in [3.63, 3.8) is 0 Å². The smallest absolute Gasteiger partial charge is 0.309 e. The molecule has 0 rings (SSSR count). The summed E-state index contributed by atoms with van der Waals surface area (Å²) in [5, 5.41) is 0. The second kappa shape index (κ2) is 3.50. The summed E-state index contributed by atoms with van der Waals surface area (Å²) in [5.74, 6) is 0. The van der Waals surface area contributed by atoms with E-state index in [2.05, 4.69) is 4.52 Å². The Balaban J connectivity index is 2.63. The van der Waals surface area contributed by atoms with Gasteiger partial charge in [-0.15, -0.1) is 9.79 Å². The van der Waals surface area contributed by atoms with Crippen LogP contribution in [0.1, 0.15) is 6.92 Å². The van der Waals surface area contributed by atoms with Gasteiger partial charge in [0.25, 0.3) is 0 Å². The molecule has 36 valence electrons. The van der Waals surface area contributed by atoms with Crippen LogP contribution in [0.4, 0.5) is 0 Å². The highest BCUT2D eigenvalue weighted by atomic mass is 31.2. The molecule has 0 aromatic heterocycles. The summed E-state index contributed by atoms with van der Waals surface area (Å²) in [5.41, 5.74) is 0. The fourth-order valence-electron chi connectivity index (χ4n) is 0.105. The van der Waals surface area contributed by atoms with Crippen molar-refractivity contribution >= 4 is 8.60 Å². The Labute approximate surface area is 37.6 Å². The van der Waals surface area contributed by atoms with Crippen LogP contribution in [-0.2, 0) is 14.3 Å². The maximum atomic E-state index is 9.41. The molecule has 0 atom stereocenters. The van der Waals surface area contributed by atoms with Crippen LogP contribution in [-0.4, -0.2) is 6.61 Å². The highest BCUT2D eigenvalue weighted by Crippen LogP contribution is 2.26. The average molecular weight is 108 g/mol. The Morgan fingerprint density at radius 2 is 2.17 bits per heavy atom.